The van der Waals surface area contributed by atoms with Crippen molar-refractivity contribution >= 4 is 88.7 Å². The summed E-state index contributed by atoms with van der Waals surface area (Å²) >= 11 is 0. The summed E-state index contributed by atoms with van der Waals surface area (Å²) in [5, 5.41) is 0. The van der Waals surface area contributed by atoms with E-state index in [-0.39, 0.29) is 9.84 Å². The van der Waals surface area contributed by atoms with Crippen LogP contribution in [0.2, 0.25) is 98.2 Å². The van der Waals surface area contributed by atoms with Gasteiger partial charge in [0.15, 0.2) is 70.1 Å². The molecule has 9 nitrogen and oxygen atoms in total. The maximum atomic E-state index is 3.85. The Bertz CT molecular complexity index is 839. The Morgan fingerprint density at radius 1 is 0.415 bits per heavy atom. The van der Waals surface area contributed by atoms with E-state index in [1.807, 2.05) is 0 Å². The maximum absolute atomic E-state index is 3.85. The summed E-state index contributed by atoms with van der Waals surface area (Å²) in [6, 6.07) is 0. The first-order chi connectivity index (χ1) is 17.9. The van der Waals surface area contributed by atoms with Crippen LogP contribution >= 0.6 is 0 Å². The Balaban J connectivity index is 6.28. The summed E-state index contributed by atoms with van der Waals surface area (Å²) in [7, 11) is 5.02. The van der Waals surface area contributed by atoms with Crippen LogP contribution in [-0.4, -0.2) is 168 Å². The van der Waals surface area contributed by atoms with Gasteiger partial charge in [0.2, 0.25) is 0 Å². The summed E-state index contributed by atoms with van der Waals surface area (Å²) in [6.07, 6.45) is 0. The number of hydrogen-bond acceptors (Lipinski definition) is 9. The first-order valence-electron chi connectivity index (χ1n) is 15.4. The second kappa shape index (κ2) is 14.7. The fourth-order valence-corrected chi connectivity index (χ4v) is 57.4. The van der Waals surface area contributed by atoms with Gasteiger partial charge in [-0.25, -0.2) is 0 Å². The molecule has 0 aliphatic heterocycles. The Hall–Kier alpha value is 1.81. The smallest absolute Gasteiger partial charge is 0.188 e. The van der Waals surface area contributed by atoms with Gasteiger partial charge in [0.05, 0.1) is 10.4 Å². The van der Waals surface area contributed by atoms with Gasteiger partial charge in [-0.1, -0.05) is 19.6 Å². The molecule has 248 valence electrons. The summed E-state index contributed by atoms with van der Waals surface area (Å²) in [6.45, 7) is 38.7. The summed E-state index contributed by atoms with van der Waals surface area (Å²) in [5.74, 6) is 0. The first kappa shape index (κ1) is 42.8. The first-order valence-corrected chi connectivity index (χ1v) is 40.0. The maximum Gasteiger partial charge on any atom is 0.188 e. The van der Waals surface area contributed by atoms with Gasteiger partial charge in [-0.05, 0) is 128 Å². The molecule has 0 atom stereocenters. The topological polar surface area (TPSA) is 46.7 Å². The van der Waals surface area contributed by atoms with Crippen molar-refractivity contribution in [1.82, 2.24) is 38.9 Å². The Morgan fingerprint density at radius 2 is 0.659 bits per heavy atom. The molecule has 0 heterocycles. The SMILES string of the molecule is CN([SiH2]N[SiH2]N[SiH3])[Si](C)(C)N(C)[Si](C)(C)N(C)[Si](C)(C)N(C)[Si](C)(C)N(C)[Si](C)(C)N(C)[Si](C)(C)N(C)[Si](C)(C)C. The molecule has 0 bridgehead atoms. The van der Waals surface area contributed by atoms with E-state index in [4.69, 9.17) is 0 Å². The zero-order chi connectivity index (χ0) is 33.4. The van der Waals surface area contributed by atoms with E-state index >= 15 is 0 Å². The lowest BCUT2D eigenvalue weighted by Crippen LogP contribution is -2.84. The Labute approximate surface area is 273 Å². The van der Waals surface area contributed by atoms with Crippen LogP contribution in [0.4, 0.5) is 0 Å². The molecule has 0 aliphatic rings. The molecule has 0 unspecified atom stereocenters. The predicted octanol–water partition coefficient (Wildman–Crippen LogP) is 1.01. The molecule has 19 heteroatoms. The van der Waals surface area contributed by atoms with Crippen molar-refractivity contribution in [2.45, 2.75) is 98.2 Å². The number of nitrogens with one attached hydrogen (secondary N) is 2. The third kappa shape index (κ3) is 9.21. The third-order valence-electron chi connectivity index (χ3n) is 11.6. The monoisotopic (exact) mass is 745 g/mol. The number of nitrogens with zero attached hydrogens (tertiary/aromatic N) is 7. The molecule has 41 heavy (non-hydrogen) atoms. The Morgan fingerprint density at radius 3 is 0.902 bits per heavy atom. The van der Waals surface area contributed by atoms with E-state index in [1.165, 1.54) is 0 Å². The van der Waals surface area contributed by atoms with Gasteiger partial charge < -0.3 is 38.9 Å². The van der Waals surface area contributed by atoms with E-state index < -0.39 is 68.5 Å². The number of rotatable bonds is 17. The number of hydrogen-bond donors (Lipinski definition) is 2. The molecule has 0 radical (unpaired) electrons. The van der Waals surface area contributed by atoms with Crippen LogP contribution in [0.5, 0.6) is 0 Å². The lowest BCUT2D eigenvalue weighted by Gasteiger charge is -2.61. The van der Waals surface area contributed by atoms with E-state index in [0.717, 1.165) is 10.4 Å². The zero-order valence-electron chi connectivity index (χ0n) is 32.0. The molecule has 0 aromatic heterocycles. The predicted molar refractivity (Wildman–Crippen MR) is 216 cm³/mol. The van der Waals surface area contributed by atoms with Gasteiger partial charge in [-0.2, -0.15) is 0 Å². The summed E-state index contributed by atoms with van der Waals surface area (Å²) in [4.78, 5) is 0. The van der Waals surface area contributed by atoms with E-state index in [1.54, 1.807) is 0 Å². The van der Waals surface area contributed by atoms with Crippen molar-refractivity contribution in [1.29, 1.82) is 0 Å². The van der Waals surface area contributed by atoms with Crippen LogP contribution in [0, 0.1) is 0 Å². The highest BCUT2D eigenvalue weighted by Gasteiger charge is 2.55. The van der Waals surface area contributed by atoms with E-state index in [2.05, 4.69) is 186 Å². The van der Waals surface area contributed by atoms with Crippen molar-refractivity contribution in [3.8, 4) is 0 Å². The average Bonchev–Trinajstić information content (AvgIpc) is 2.84. The fraction of sp³-hybridized carbons (Fsp3) is 1.00. The highest BCUT2D eigenvalue weighted by atomic mass is 28.5. The van der Waals surface area contributed by atoms with Crippen molar-refractivity contribution in [3.05, 3.63) is 0 Å². The molecule has 0 fully saturated rings. The molecular formula is C22H75N9Si10. The second-order valence-electron chi connectivity index (χ2n) is 16.1. The van der Waals surface area contributed by atoms with Crippen molar-refractivity contribution < 1.29 is 0 Å². The van der Waals surface area contributed by atoms with Gasteiger partial charge >= 0.3 is 0 Å². The lowest BCUT2D eigenvalue weighted by molar-refractivity contribution is 0.508. The van der Waals surface area contributed by atoms with Gasteiger partial charge in [-0.3, -0.25) is 0 Å². The molecule has 0 saturated heterocycles. The average molecular weight is 747 g/mol. The van der Waals surface area contributed by atoms with E-state index in [0.29, 0.717) is 0 Å². The molecule has 0 spiro atoms. The minimum absolute atomic E-state index is 0.261. The quantitative estimate of drug-likeness (QED) is 0.168. The molecule has 0 amide bonds. The minimum atomic E-state index is -1.94. The van der Waals surface area contributed by atoms with Gasteiger partial charge in [0, 0.05) is 0 Å². The van der Waals surface area contributed by atoms with Crippen LogP contribution in [0.3, 0.4) is 0 Å². The van der Waals surface area contributed by atoms with Crippen LogP contribution in [0.25, 0.3) is 0 Å². The van der Waals surface area contributed by atoms with Crippen molar-refractivity contribution in [2.75, 3.05) is 49.3 Å². The van der Waals surface area contributed by atoms with Crippen LogP contribution in [-0.2, 0) is 0 Å². The summed E-state index contributed by atoms with van der Waals surface area (Å²) in [5.41, 5.74) is 0. The van der Waals surface area contributed by atoms with Crippen molar-refractivity contribution in [3.63, 3.8) is 0 Å². The highest BCUT2D eigenvalue weighted by Crippen LogP contribution is 2.33. The third-order valence-corrected chi connectivity index (χ3v) is 60.2. The van der Waals surface area contributed by atoms with Crippen LogP contribution in [0.15, 0.2) is 0 Å². The highest BCUT2D eigenvalue weighted by molar-refractivity contribution is 7.02. The van der Waals surface area contributed by atoms with Gasteiger partial charge in [0.1, 0.15) is 8.24 Å². The van der Waals surface area contributed by atoms with Crippen LogP contribution < -0.4 is 9.30 Å². The largest absolute Gasteiger partial charge is 0.360 e. The normalized spacial score (nSPS) is 16.3. The fourth-order valence-electron chi connectivity index (χ4n) is 6.09. The summed E-state index contributed by atoms with van der Waals surface area (Å²) < 4.78 is 27.5. The zero-order valence-corrected chi connectivity index (χ0v) is 43.9. The lowest BCUT2D eigenvalue weighted by atomic mass is 11.5. The Kier molecular flexibility index (Phi) is 15.4. The molecule has 0 aromatic carbocycles. The second-order valence-corrected chi connectivity index (χ2v) is 57.0. The standard InChI is InChI=1S/C22H75N9Si10/c1-25(34-24-33-23-32)36(11,12)27(3)38(15,16)29(5)40(19,20)31(7)41(21,22)30(6)39(17,18)28(4)37(13,14)26(2)35(8,9)10/h23-24H,33-34H2,1-22,32H3. The minimum Gasteiger partial charge on any atom is -0.360 e. The molecule has 0 aromatic rings. The van der Waals surface area contributed by atoms with Gasteiger partial charge in [0.25, 0.3) is 0 Å². The van der Waals surface area contributed by atoms with Crippen molar-refractivity contribution in [2.24, 2.45) is 0 Å². The molecule has 0 saturated carbocycles. The molecule has 0 rings (SSSR count). The van der Waals surface area contributed by atoms with E-state index in [9.17, 15) is 0 Å². The van der Waals surface area contributed by atoms with Crippen LogP contribution in [0.1, 0.15) is 0 Å². The molecular weight excluding hydrogens is 671 g/mol. The molecule has 0 aliphatic carbocycles. The molecule has 2 N–H and O–H groups in total. The van der Waals surface area contributed by atoms with Gasteiger partial charge in [-0.15, -0.1) is 0 Å².